The van der Waals surface area contributed by atoms with Crippen LogP contribution in [-0.4, -0.2) is 37.4 Å². The van der Waals surface area contributed by atoms with Crippen molar-refractivity contribution in [1.82, 2.24) is 30.7 Å². The Balaban J connectivity index is 1.83. The molecule has 3 heterocycles. The lowest BCUT2D eigenvalue weighted by Crippen LogP contribution is -2.20. The summed E-state index contributed by atoms with van der Waals surface area (Å²) in [5.74, 6) is 0.237. The number of carbonyl (C=O) groups is 1. The van der Waals surface area contributed by atoms with E-state index in [0.717, 1.165) is 6.42 Å². The molecule has 24 heavy (non-hydrogen) atoms. The molecule has 3 rings (SSSR count). The summed E-state index contributed by atoms with van der Waals surface area (Å²) in [4.78, 5) is 12.3. The van der Waals surface area contributed by atoms with Crippen LogP contribution in [0.2, 0.25) is 0 Å². The molecule has 0 saturated carbocycles. The van der Waals surface area contributed by atoms with Gasteiger partial charge in [0.05, 0.1) is 18.2 Å². The molecule has 0 aliphatic heterocycles. The van der Waals surface area contributed by atoms with Crippen LogP contribution in [0.25, 0.3) is 5.82 Å². The summed E-state index contributed by atoms with van der Waals surface area (Å²) in [5, 5.41) is 18.8. The van der Waals surface area contributed by atoms with Crippen molar-refractivity contribution < 1.29 is 13.8 Å². The Morgan fingerprint density at radius 2 is 2.38 bits per heavy atom. The summed E-state index contributed by atoms with van der Waals surface area (Å²) in [6, 6.07) is 3.42. The first-order chi connectivity index (χ1) is 11.7. The quantitative estimate of drug-likeness (QED) is 0.491. The van der Waals surface area contributed by atoms with Crippen molar-refractivity contribution in [3.8, 4) is 5.82 Å². The number of aromatic nitrogens is 5. The second kappa shape index (κ2) is 6.73. The van der Waals surface area contributed by atoms with Crippen LogP contribution >= 0.6 is 0 Å². The van der Waals surface area contributed by atoms with Crippen LogP contribution in [0.5, 0.6) is 0 Å². The average molecular weight is 330 g/mol. The van der Waals surface area contributed by atoms with Gasteiger partial charge in [-0.05, 0) is 28.9 Å². The van der Waals surface area contributed by atoms with Crippen LogP contribution in [0.1, 0.15) is 35.3 Å². The SMILES string of the molecule is CCCc1c(C(=O)NN=Cc2ccco2)nnn1-c1nonc1N. The number of nitrogen functional groups attached to an aromatic ring is 1. The Morgan fingerprint density at radius 1 is 1.50 bits per heavy atom. The van der Waals surface area contributed by atoms with Crippen molar-refractivity contribution in [3.63, 3.8) is 0 Å². The number of furan rings is 1. The Bertz CT molecular complexity index is 849. The van der Waals surface area contributed by atoms with Gasteiger partial charge < -0.3 is 10.2 Å². The number of hydrogen-bond acceptors (Lipinski definition) is 9. The van der Waals surface area contributed by atoms with Crippen molar-refractivity contribution in [1.29, 1.82) is 0 Å². The summed E-state index contributed by atoms with van der Waals surface area (Å²) in [7, 11) is 0. The van der Waals surface area contributed by atoms with Crippen molar-refractivity contribution >= 4 is 17.9 Å². The monoisotopic (exact) mass is 330 g/mol. The Hall–Kier alpha value is -3.50. The zero-order valence-electron chi connectivity index (χ0n) is 12.7. The van der Waals surface area contributed by atoms with E-state index in [1.165, 1.54) is 17.2 Å². The number of carbonyl (C=O) groups excluding carboxylic acids is 1. The highest BCUT2D eigenvalue weighted by molar-refractivity contribution is 5.94. The molecule has 3 aromatic heterocycles. The minimum absolute atomic E-state index is 0.0556. The number of nitrogens with zero attached hydrogens (tertiary/aromatic N) is 6. The predicted molar refractivity (Wildman–Crippen MR) is 81.4 cm³/mol. The van der Waals surface area contributed by atoms with Gasteiger partial charge in [-0.25, -0.2) is 10.1 Å². The first-order valence-corrected chi connectivity index (χ1v) is 7.10. The van der Waals surface area contributed by atoms with E-state index in [-0.39, 0.29) is 17.3 Å². The van der Waals surface area contributed by atoms with E-state index in [9.17, 15) is 4.79 Å². The molecule has 0 spiro atoms. The van der Waals surface area contributed by atoms with Gasteiger partial charge in [-0.2, -0.15) is 9.78 Å². The van der Waals surface area contributed by atoms with E-state index in [0.29, 0.717) is 17.9 Å². The number of amides is 1. The molecule has 0 aliphatic rings. The van der Waals surface area contributed by atoms with Crippen LogP contribution in [0.4, 0.5) is 5.82 Å². The fourth-order valence-corrected chi connectivity index (χ4v) is 2.02. The van der Waals surface area contributed by atoms with Gasteiger partial charge in [0.15, 0.2) is 5.69 Å². The highest BCUT2D eigenvalue weighted by Gasteiger charge is 2.23. The van der Waals surface area contributed by atoms with Crippen LogP contribution in [-0.2, 0) is 6.42 Å². The number of nitrogens with one attached hydrogen (secondary N) is 1. The molecule has 0 bridgehead atoms. The summed E-state index contributed by atoms with van der Waals surface area (Å²) in [6.07, 6.45) is 4.17. The lowest BCUT2D eigenvalue weighted by atomic mass is 10.2. The van der Waals surface area contributed by atoms with Crippen molar-refractivity contribution in [2.45, 2.75) is 19.8 Å². The average Bonchev–Trinajstić information content (AvgIpc) is 3.29. The van der Waals surface area contributed by atoms with Gasteiger partial charge in [-0.15, -0.1) is 5.10 Å². The molecule has 1 amide bonds. The van der Waals surface area contributed by atoms with Crippen LogP contribution in [0.15, 0.2) is 32.5 Å². The molecule has 3 N–H and O–H groups in total. The summed E-state index contributed by atoms with van der Waals surface area (Å²) < 4.78 is 11.0. The minimum atomic E-state index is -0.512. The zero-order valence-corrected chi connectivity index (χ0v) is 12.7. The predicted octanol–water partition coefficient (Wildman–Crippen LogP) is 0.542. The molecule has 0 aliphatic carbocycles. The second-order valence-corrected chi connectivity index (χ2v) is 4.73. The molecule has 0 radical (unpaired) electrons. The lowest BCUT2D eigenvalue weighted by molar-refractivity contribution is 0.0949. The minimum Gasteiger partial charge on any atom is -0.463 e. The maximum absolute atomic E-state index is 12.3. The third kappa shape index (κ3) is 2.99. The van der Waals surface area contributed by atoms with E-state index in [1.54, 1.807) is 12.1 Å². The number of hydrazone groups is 1. The molecule has 11 heteroatoms. The van der Waals surface area contributed by atoms with Crippen LogP contribution in [0, 0.1) is 0 Å². The number of nitrogens with two attached hydrogens (primary N) is 1. The van der Waals surface area contributed by atoms with Gasteiger partial charge in [-0.3, -0.25) is 4.79 Å². The highest BCUT2D eigenvalue weighted by Crippen LogP contribution is 2.17. The van der Waals surface area contributed by atoms with Gasteiger partial charge >= 0.3 is 0 Å². The normalized spacial score (nSPS) is 11.2. The molecule has 11 nitrogen and oxygen atoms in total. The third-order valence-corrected chi connectivity index (χ3v) is 3.06. The molecular formula is C13H14N8O3. The van der Waals surface area contributed by atoms with Gasteiger partial charge in [0.25, 0.3) is 5.91 Å². The maximum atomic E-state index is 12.3. The van der Waals surface area contributed by atoms with Crippen molar-refractivity contribution in [2.75, 3.05) is 5.73 Å². The standard InChI is InChI=1S/C13H14N8O3/c1-2-4-9-10(13(22)17-15-7-8-5-3-6-23-8)16-20-21(9)12-11(14)18-24-19-12/h3,5-7H,2,4H2,1H3,(H2,14,18)(H,17,22). The van der Waals surface area contributed by atoms with Gasteiger partial charge in [0.2, 0.25) is 11.6 Å². The fraction of sp³-hybridized carbons (Fsp3) is 0.231. The fourth-order valence-electron chi connectivity index (χ4n) is 2.02. The molecule has 3 aromatic rings. The van der Waals surface area contributed by atoms with E-state index in [1.807, 2.05) is 6.92 Å². The molecule has 0 saturated heterocycles. The van der Waals surface area contributed by atoms with E-state index in [4.69, 9.17) is 10.2 Å². The molecule has 124 valence electrons. The third-order valence-electron chi connectivity index (χ3n) is 3.06. The molecule has 0 fully saturated rings. The topological polar surface area (TPSA) is 150 Å². The van der Waals surface area contributed by atoms with E-state index >= 15 is 0 Å². The maximum Gasteiger partial charge on any atom is 0.293 e. The van der Waals surface area contributed by atoms with Gasteiger partial charge in [-0.1, -0.05) is 18.6 Å². The van der Waals surface area contributed by atoms with E-state index in [2.05, 4.69) is 35.8 Å². The number of anilines is 1. The molecular weight excluding hydrogens is 316 g/mol. The summed E-state index contributed by atoms with van der Waals surface area (Å²) in [5.41, 5.74) is 8.69. The first kappa shape index (κ1) is 15.4. The number of hydrogen-bond donors (Lipinski definition) is 2. The summed E-state index contributed by atoms with van der Waals surface area (Å²) >= 11 is 0. The molecule has 0 unspecified atom stereocenters. The van der Waals surface area contributed by atoms with E-state index < -0.39 is 5.91 Å². The largest absolute Gasteiger partial charge is 0.463 e. The Morgan fingerprint density at radius 3 is 3.04 bits per heavy atom. The van der Waals surface area contributed by atoms with Crippen molar-refractivity contribution in [3.05, 3.63) is 35.5 Å². The second-order valence-electron chi connectivity index (χ2n) is 4.73. The first-order valence-electron chi connectivity index (χ1n) is 7.10. The molecule has 0 aromatic carbocycles. The van der Waals surface area contributed by atoms with Crippen LogP contribution < -0.4 is 11.2 Å². The van der Waals surface area contributed by atoms with Gasteiger partial charge in [0, 0.05) is 0 Å². The highest BCUT2D eigenvalue weighted by atomic mass is 16.6. The molecule has 0 atom stereocenters. The lowest BCUT2D eigenvalue weighted by Gasteiger charge is -2.03. The smallest absolute Gasteiger partial charge is 0.293 e. The summed E-state index contributed by atoms with van der Waals surface area (Å²) in [6.45, 7) is 1.96. The van der Waals surface area contributed by atoms with Gasteiger partial charge in [0.1, 0.15) is 5.76 Å². The Kier molecular flexibility index (Phi) is 4.32. The van der Waals surface area contributed by atoms with Crippen LogP contribution in [0.3, 0.4) is 0 Å². The van der Waals surface area contributed by atoms with Crippen molar-refractivity contribution in [2.24, 2.45) is 5.10 Å². The Labute approximate surface area is 135 Å². The number of rotatable bonds is 6. The zero-order chi connectivity index (χ0) is 16.9.